The molecule has 0 atom stereocenters. The van der Waals surface area contributed by atoms with Crippen molar-refractivity contribution in [3.63, 3.8) is 0 Å². The SMILES string of the molecule is COc1ccc(CN(C)C(=O)CN(c2ccccc2)S(=O)(=O)c2ccc(F)cc2)cc1. The lowest BCUT2D eigenvalue weighted by Gasteiger charge is -2.26. The Morgan fingerprint density at radius 3 is 2.13 bits per heavy atom. The molecule has 0 fully saturated rings. The second-order valence-corrected chi connectivity index (χ2v) is 8.76. The molecule has 3 aromatic rings. The Kier molecular flexibility index (Phi) is 6.91. The molecule has 0 aliphatic carbocycles. The van der Waals surface area contributed by atoms with Gasteiger partial charge < -0.3 is 9.64 Å². The highest BCUT2D eigenvalue weighted by atomic mass is 32.2. The predicted octanol–water partition coefficient (Wildman–Crippen LogP) is 3.69. The molecule has 0 aromatic heterocycles. The summed E-state index contributed by atoms with van der Waals surface area (Å²) < 4.78 is 46.0. The first-order chi connectivity index (χ1) is 14.8. The van der Waals surface area contributed by atoms with Gasteiger partial charge in [0, 0.05) is 13.6 Å². The number of likely N-dealkylation sites (N-methyl/N-ethyl adjacent to an activating group) is 1. The minimum Gasteiger partial charge on any atom is -0.497 e. The summed E-state index contributed by atoms with van der Waals surface area (Å²) in [6.45, 7) is -0.0849. The first-order valence-electron chi connectivity index (χ1n) is 9.51. The number of carbonyl (C=O) groups excluding carboxylic acids is 1. The third-order valence-electron chi connectivity index (χ3n) is 4.73. The summed E-state index contributed by atoms with van der Waals surface area (Å²) in [5.41, 5.74) is 1.22. The van der Waals surface area contributed by atoms with Crippen molar-refractivity contribution in [1.29, 1.82) is 0 Å². The van der Waals surface area contributed by atoms with Crippen molar-refractivity contribution >= 4 is 21.6 Å². The fraction of sp³-hybridized carbons (Fsp3) is 0.174. The van der Waals surface area contributed by atoms with E-state index in [1.165, 1.54) is 17.0 Å². The Morgan fingerprint density at radius 2 is 1.55 bits per heavy atom. The van der Waals surface area contributed by atoms with Crippen LogP contribution in [0.4, 0.5) is 10.1 Å². The van der Waals surface area contributed by atoms with Gasteiger partial charge in [-0.25, -0.2) is 12.8 Å². The maximum absolute atomic E-state index is 13.3. The Morgan fingerprint density at radius 1 is 0.935 bits per heavy atom. The van der Waals surface area contributed by atoms with Crippen molar-refractivity contribution in [2.75, 3.05) is 25.0 Å². The number of benzene rings is 3. The predicted molar refractivity (Wildman–Crippen MR) is 117 cm³/mol. The lowest BCUT2D eigenvalue weighted by Crippen LogP contribution is -2.41. The number of hydrogen-bond donors (Lipinski definition) is 0. The highest BCUT2D eigenvalue weighted by Crippen LogP contribution is 2.24. The number of amides is 1. The van der Waals surface area contributed by atoms with E-state index in [9.17, 15) is 17.6 Å². The number of nitrogens with zero attached hydrogens (tertiary/aromatic N) is 2. The van der Waals surface area contributed by atoms with Gasteiger partial charge in [0.25, 0.3) is 10.0 Å². The molecule has 8 heteroatoms. The fourth-order valence-corrected chi connectivity index (χ4v) is 4.39. The highest BCUT2D eigenvalue weighted by Gasteiger charge is 2.28. The van der Waals surface area contributed by atoms with Crippen LogP contribution in [0.3, 0.4) is 0 Å². The van der Waals surface area contributed by atoms with Crippen molar-refractivity contribution in [3.8, 4) is 5.75 Å². The maximum atomic E-state index is 13.3. The highest BCUT2D eigenvalue weighted by molar-refractivity contribution is 7.92. The molecule has 0 N–H and O–H groups in total. The van der Waals surface area contributed by atoms with Gasteiger partial charge in [-0.15, -0.1) is 0 Å². The number of halogens is 1. The zero-order valence-corrected chi connectivity index (χ0v) is 18.0. The lowest BCUT2D eigenvalue weighted by atomic mass is 10.2. The van der Waals surface area contributed by atoms with E-state index in [4.69, 9.17) is 4.74 Å². The Labute approximate surface area is 181 Å². The molecule has 0 aliphatic rings. The molecule has 0 saturated carbocycles. The summed E-state index contributed by atoms with van der Waals surface area (Å²) in [5.74, 6) is -0.218. The Hall–Kier alpha value is -3.39. The summed E-state index contributed by atoms with van der Waals surface area (Å²) in [6.07, 6.45) is 0. The average Bonchev–Trinajstić information content (AvgIpc) is 2.78. The second-order valence-electron chi connectivity index (χ2n) is 6.90. The molecule has 0 heterocycles. The Balaban J connectivity index is 1.84. The van der Waals surface area contributed by atoms with Crippen LogP contribution in [-0.4, -0.2) is 39.9 Å². The van der Waals surface area contributed by atoms with Crippen molar-refractivity contribution in [2.24, 2.45) is 0 Å². The van der Waals surface area contributed by atoms with Crippen LogP contribution in [0, 0.1) is 5.82 Å². The van der Waals surface area contributed by atoms with Crippen LogP contribution >= 0.6 is 0 Å². The molecule has 0 spiro atoms. The van der Waals surface area contributed by atoms with E-state index in [1.807, 2.05) is 12.1 Å². The van der Waals surface area contributed by atoms with Crippen LogP contribution in [0.1, 0.15) is 5.56 Å². The van der Waals surface area contributed by atoms with E-state index in [1.54, 1.807) is 56.6 Å². The zero-order chi connectivity index (χ0) is 22.4. The lowest BCUT2D eigenvalue weighted by molar-refractivity contribution is -0.128. The number of para-hydroxylation sites is 1. The zero-order valence-electron chi connectivity index (χ0n) is 17.2. The Bertz CT molecular complexity index is 1120. The average molecular weight is 443 g/mol. The molecule has 0 radical (unpaired) electrons. The molecule has 0 aliphatic heterocycles. The van der Waals surface area contributed by atoms with Crippen molar-refractivity contribution in [1.82, 2.24) is 4.90 Å². The van der Waals surface area contributed by atoms with Crippen LogP contribution < -0.4 is 9.04 Å². The smallest absolute Gasteiger partial charge is 0.264 e. The van der Waals surface area contributed by atoms with Gasteiger partial charge in [-0.05, 0) is 54.1 Å². The van der Waals surface area contributed by atoms with E-state index in [-0.39, 0.29) is 10.8 Å². The number of methoxy groups -OCH3 is 1. The molecular weight excluding hydrogens is 419 g/mol. The first kappa shape index (κ1) is 22.3. The van der Waals surface area contributed by atoms with E-state index in [0.717, 1.165) is 22.0 Å². The molecule has 0 bridgehead atoms. The molecule has 1 amide bonds. The molecular formula is C23H23FN2O4S. The van der Waals surface area contributed by atoms with Gasteiger partial charge >= 0.3 is 0 Å². The van der Waals surface area contributed by atoms with Crippen LogP contribution in [-0.2, 0) is 21.4 Å². The van der Waals surface area contributed by atoms with Crippen LogP contribution in [0.15, 0.2) is 83.8 Å². The number of ether oxygens (including phenoxy) is 1. The van der Waals surface area contributed by atoms with Gasteiger partial charge in [-0.3, -0.25) is 9.10 Å². The number of anilines is 1. The molecule has 162 valence electrons. The van der Waals surface area contributed by atoms with E-state index in [2.05, 4.69) is 0 Å². The topological polar surface area (TPSA) is 66.9 Å². The summed E-state index contributed by atoms with van der Waals surface area (Å²) in [6, 6.07) is 20.1. The summed E-state index contributed by atoms with van der Waals surface area (Å²) in [4.78, 5) is 14.3. The second kappa shape index (κ2) is 9.61. The van der Waals surface area contributed by atoms with Crippen LogP contribution in [0.25, 0.3) is 0 Å². The fourth-order valence-electron chi connectivity index (χ4n) is 2.98. The number of hydrogen-bond acceptors (Lipinski definition) is 4. The number of sulfonamides is 1. The third-order valence-corrected chi connectivity index (χ3v) is 6.52. The van der Waals surface area contributed by atoms with Crippen molar-refractivity contribution in [3.05, 3.63) is 90.2 Å². The molecule has 6 nitrogen and oxygen atoms in total. The van der Waals surface area contributed by atoms with Crippen LogP contribution in [0.2, 0.25) is 0 Å². The van der Waals surface area contributed by atoms with Crippen molar-refractivity contribution in [2.45, 2.75) is 11.4 Å². The minimum atomic E-state index is -4.08. The maximum Gasteiger partial charge on any atom is 0.264 e. The number of carbonyl (C=O) groups is 1. The van der Waals surface area contributed by atoms with Gasteiger partial charge in [-0.2, -0.15) is 0 Å². The van der Waals surface area contributed by atoms with E-state index >= 15 is 0 Å². The quantitative estimate of drug-likeness (QED) is 0.534. The third kappa shape index (κ3) is 5.40. The molecule has 3 rings (SSSR count). The van der Waals surface area contributed by atoms with Gasteiger partial charge in [0.1, 0.15) is 18.1 Å². The summed E-state index contributed by atoms with van der Waals surface area (Å²) in [5, 5.41) is 0. The summed E-state index contributed by atoms with van der Waals surface area (Å²) in [7, 11) is -0.894. The number of rotatable bonds is 8. The minimum absolute atomic E-state index is 0.0941. The van der Waals surface area contributed by atoms with Gasteiger partial charge in [0.05, 0.1) is 17.7 Å². The van der Waals surface area contributed by atoms with Gasteiger partial charge in [0.2, 0.25) is 5.91 Å². The van der Waals surface area contributed by atoms with Crippen molar-refractivity contribution < 1.29 is 22.3 Å². The normalized spacial score (nSPS) is 11.1. The van der Waals surface area contributed by atoms with Gasteiger partial charge in [0.15, 0.2) is 0 Å². The molecule has 3 aromatic carbocycles. The van der Waals surface area contributed by atoms with E-state index in [0.29, 0.717) is 18.0 Å². The molecule has 0 saturated heterocycles. The standard InChI is InChI=1S/C23H23FN2O4S/c1-25(16-18-8-12-21(30-2)13-9-18)23(27)17-26(20-6-4-3-5-7-20)31(28,29)22-14-10-19(24)11-15-22/h3-15H,16-17H2,1-2H3. The van der Waals surface area contributed by atoms with Crippen LogP contribution in [0.5, 0.6) is 5.75 Å². The molecule has 0 unspecified atom stereocenters. The van der Waals surface area contributed by atoms with E-state index < -0.39 is 22.4 Å². The van der Waals surface area contributed by atoms with Gasteiger partial charge in [-0.1, -0.05) is 30.3 Å². The first-order valence-corrected chi connectivity index (χ1v) is 11.0. The largest absolute Gasteiger partial charge is 0.497 e. The summed E-state index contributed by atoms with van der Waals surface area (Å²) >= 11 is 0. The monoisotopic (exact) mass is 442 g/mol. The molecule has 31 heavy (non-hydrogen) atoms.